The molecule has 1 amide bonds. The molecule has 0 bridgehead atoms. The lowest BCUT2D eigenvalue weighted by atomic mass is 10.0. The molecule has 1 fully saturated rings. The van der Waals surface area contributed by atoms with Crippen LogP contribution in [0.1, 0.15) is 22.7 Å². The molecule has 7 nitrogen and oxygen atoms in total. The standard InChI is InChI=1S/C29H28N6O/c30-19-24(29(36)31-20-22-9-3-1-4-10-22)27-28(33-26-14-8-7-13-25(26)32-27)35-17-15-34(16-18-35)21-23-11-5-2-6-12-23/h1-14,24H,15-18,20-21H2,(H,31,36)/p+1/t24-/m1/s1. The van der Waals surface area contributed by atoms with Crippen molar-refractivity contribution in [2.45, 2.75) is 19.0 Å². The maximum atomic E-state index is 13.2. The van der Waals surface area contributed by atoms with Crippen molar-refractivity contribution in [2.75, 3.05) is 31.1 Å². The zero-order valence-electron chi connectivity index (χ0n) is 20.1. The predicted octanol–water partition coefficient (Wildman–Crippen LogP) is 2.46. The molecule has 36 heavy (non-hydrogen) atoms. The van der Waals surface area contributed by atoms with Gasteiger partial charge in [-0.25, -0.2) is 9.97 Å². The summed E-state index contributed by atoms with van der Waals surface area (Å²) in [7, 11) is 0. The van der Waals surface area contributed by atoms with Gasteiger partial charge in [0.15, 0.2) is 11.7 Å². The summed E-state index contributed by atoms with van der Waals surface area (Å²) in [4.78, 5) is 26.5. The van der Waals surface area contributed by atoms with Gasteiger partial charge >= 0.3 is 0 Å². The van der Waals surface area contributed by atoms with E-state index in [0.29, 0.717) is 23.6 Å². The van der Waals surface area contributed by atoms with Gasteiger partial charge in [-0.05, 0) is 17.7 Å². The average molecular weight is 478 g/mol. The van der Waals surface area contributed by atoms with Gasteiger partial charge in [-0.2, -0.15) is 5.26 Å². The Balaban J connectivity index is 1.37. The van der Waals surface area contributed by atoms with Crippen molar-refractivity contribution in [3.63, 3.8) is 0 Å². The summed E-state index contributed by atoms with van der Waals surface area (Å²) in [6, 6.07) is 30.0. The van der Waals surface area contributed by atoms with Crippen molar-refractivity contribution in [1.82, 2.24) is 15.3 Å². The number of carbonyl (C=O) groups is 1. The lowest BCUT2D eigenvalue weighted by molar-refractivity contribution is -0.914. The third kappa shape index (κ3) is 5.35. The minimum atomic E-state index is -1.05. The Morgan fingerprint density at radius 3 is 2.11 bits per heavy atom. The van der Waals surface area contributed by atoms with Crippen LogP contribution < -0.4 is 15.1 Å². The summed E-state index contributed by atoms with van der Waals surface area (Å²) in [6.45, 7) is 4.79. The molecule has 0 aliphatic carbocycles. The van der Waals surface area contributed by atoms with E-state index in [-0.39, 0.29) is 5.91 Å². The fourth-order valence-corrected chi connectivity index (χ4v) is 4.66. The molecule has 180 valence electrons. The van der Waals surface area contributed by atoms with Crippen LogP contribution in [0, 0.1) is 11.3 Å². The first-order chi connectivity index (χ1) is 17.7. The molecule has 7 heteroatoms. The number of hydrogen-bond donors (Lipinski definition) is 2. The molecule has 2 N–H and O–H groups in total. The predicted molar refractivity (Wildman–Crippen MR) is 139 cm³/mol. The fourth-order valence-electron chi connectivity index (χ4n) is 4.66. The van der Waals surface area contributed by atoms with Crippen LogP contribution in [0.3, 0.4) is 0 Å². The van der Waals surface area contributed by atoms with Crippen molar-refractivity contribution in [3.05, 3.63) is 102 Å². The molecule has 1 atom stereocenters. The van der Waals surface area contributed by atoms with Crippen LogP contribution in [0.25, 0.3) is 11.0 Å². The number of quaternary nitrogens is 1. The summed E-state index contributed by atoms with van der Waals surface area (Å²) in [5.41, 5.74) is 4.17. The maximum Gasteiger partial charge on any atom is 0.243 e. The third-order valence-electron chi connectivity index (χ3n) is 6.62. The number of nitriles is 1. The monoisotopic (exact) mass is 477 g/mol. The number of aromatic nitrogens is 2. The van der Waals surface area contributed by atoms with E-state index in [0.717, 1.165) is 43.8 Å². The number of carbonyl (C=O) groups excluding carboxylic acids is 1. The first-order valence-corrected chi connectivity index (χ1v) is 12.3. The topological polar surface area (TPSA) is 86.3 Å². The Morgan fingerprint density at radius 1 is 0.889 bits per heavy atom. The first kappa shape index (κ1) is 23.5. The van der Waals surface area contributed by atoms with Crippen LogP contribution in [0.4, 0.5) is 5.82 Å². The van der Waals surface area contributed by atoms with Crippen LogP contribution >= 0.6 is 0 Å². The number of benzene rings is 3. The van der Waals surface area contributed by atoms with Gasteiger partial charge in [0.05, 0.1) is 43.3 Å². The number of amides is 1. The van der Waals surface area contributed by atoms with E-state index in [4.69, 9.17) is 9.97 Å². The molecular formula is C29H29N6O+. The van der Waals surface area contributed by atoms with Crippen molar-refractivity contribution in [1.29, 1.82) is 5.26 Å². The highest BCUT2D eigenvalue weighted by Crippen LogP contribution is 2.27. The maximum absolute atomic E-state index is 13.2. The summed E-state index contributed by atoms with van der Waals surface area (Å²) in [5, 5.41) is 13.0. The van der Waals surface area contributed by atoms with Gasteiger partial charge in [-0.3, -0.25) is 4.79 Å². The normalized spacial score (nSPS) is 14.8. The Kier molecular flexibility index (Phi) is 7.15. The summed E-state index contributed by atoms with van der Waals surface area (Å²) >= 11 is 0. The highest BCUT2D eigenvalue weighted by Gasteiger charge is 2.31. The Bertz CT molecular complexity index is 1360. The van der Waals surface area contributed by atoms with E-state index in [2.05, 4.69) is 40.6 Å². The Labute approximate surface area is 211 Å². The lowest BCUT2D eigenvalue weighted by Gasteiger charge is -2.34. The van der Waals surface area contributed by atoms with Gasteiger partial charge in [0, 0.05) is 12.1 Å². The van der Waals surface area contributed by atoms with E-state index in [1.807, 2.05) is 60.7 Å². The molecule has 0 unspecified atom stereocenters. The number of nitrogens with zero attached hydrogens (tertiary/aromatic N) is 4. The van der Waals surface area contributed by atoms with E-state index in [9.17, 15) is 10.1 Å². The van der Waals surface area contributed by atoms with Crippen LogP contribution in [-0.4, -0.2) is 42.1 Å². The van der Waals surface area contributed by atoms with Crippen molar-refractivity contribution < 1.29 is 9.69 Å². The zero-order chi connectivity index (χ0) is 24.7. The van der Waals surface area contributed by atoms with Crippen molar-refractivity contribution >= 4 is 22.8 Å². The number of para-hydroxylation sites is 2. The van der Waals surface area contributed by atoms with E-state index in [1.54, 1.807) is 0 Å². The fraction of sp³-hybridized carbons (Fsp3) is 0.241. The van der Waals surface area contributed by atoms with Crippen LogP contribution in [-0.2, 0) is 17.9 Å². The number of piperazine rings is 1. The Morgan fingerprint density at radius 2 is 1.47 bits per heavy atom. The third-order valence-corrected chi connectivity index (χ3v) is 6.62. The largest absolute Gasteiger partial charge is 0.351 e. The highest BCUT2D eigenvalue weighted by molar-refractivity contribution is 5.88. The van der Waals surface area contributed by atoms with E-state index < -0.39 is 5.92 Å². The van der Waals surface area contributed by atoms with Crippen molar-refractivity contribution in [3.8, 4) is 6.07 Å². The molecule has 0 saturated carbocycles. The zero-order valence-corrected chi connectivity index (χ0v) is 20.1. The van der Waals surface area contributed by atoms with Crippen LogP contribution in [0.15, 0.2) is 84.9 Å². The second-order valence-electron chi connectivity index (χ2n) is 9.09. The smallest absolute Gasteiger partial charge is 0.243 e. The molecule has 3 aromatic carbocycles. The highest BCUT2D eigenvalue weighted by atomic mass is 16.1. The summed E-state index contributed by atoms with van der Waals surface area (Å²) in [5.74, 6) is -0.773. The average Bonchev–Trinajstić information content (AvgIpc) is 2.93. The molecule has 0 spiro atoms. The van der Waals surface area contributed by atoms with Gasteiger partial charge in [0.1, 0.15) is 12.2 Å². The molecule has 0 radical (unpaired) electrons. The molecule has 2 heterocycles. The molecule has 1 aromatic heterocycles. The molecule has 4 aromatic rings. The molecule has 1 saturated heterocycles. The molecule has 5 rings (SSSR count). The number of hydrogen-bond acceptors (Lipinski definition) is 5. The van der Waals surface area contributed by atoms with Gasteiger partial charge in [0.25, 0.3) is 0 Å². The quantitative estimate of drug-likeness (QED) is 0.427. The second-order valence-corrected chi connectivity index (χ2v) is 9.09. The lowest BCUT2D eigenvalue weighted by Crippen LogP contribution is -3.13. The summed E-state index contributed by atoms with van der Waals surface area (Å²) in [6.07, 6.45) is 0. The number of anilines is 1. The van der Waals surface area contributed by atoms with Gasteiger partial charge in [0.2, 0.25) is 5.91 Å². The van der Waals surface area contributed by atoms with Crippen molar-refractivity contribution in [2.24, 2.45) is 0 Å². The number of fused-ring (bicyclic) bond motifs is 1. The first-order valence-electron chi connectivity index (χ1n) is 12.3. The Hall–Kier alpha value is -4.28. The second kappa shape index (κ2) is 11.0. The van der Waals surface area contributed by atoms with E-state index in [1.165, 1.54) is 10.5 Å². The van der Waals surface area contributed by atoms with E-state index >= 15 is 0 Å². The summed E-state index contributed by atoms with van der Waals surface area (Å²) < 4.78 is 0. The number of rotatable bonds is 7. The SMILES string of the molecule is N#C[C@@H](C(=O)NCc1ccccc1)c1nc2ccccc2nc1N1CC[NH+](Cc2ccccc2)CC1. The van der Waals surface area contributed by atoms with Gasteiger partial charge in [-0.15, -0.1) is 0 Å². The molecule has 1 aliphatic rings. The van der Waals surface area contributed by atoms with Crippen LogP contribution in [0.2, 0.25) is 0 Å². The minimum Gasteiger partial charge on any atom is -0.351 e. The number of nitrogens with one attached hydrogen (secondary N) is 2. The molecular weight excluding hydrogens is 448 g/mol. The van der Waals surface area contributed by atoms with Gasteiger partial charge < -0.3 is 15.1 Å². The molecule has 1 aliphatic heterocycles. The van der Waals surface area contributed by atoms with Gasteiger partial charge in [-0.1, -0.05) is 72.8 Å². The minimum absolute atomic E-state index is 0.357. The van der Waals surface area contributed by atoms with Crippen LogP contribution in [0.5, 0.6) is 0 Å².